The molecule has 1 unspecified atom stereocenters. The first kappa shape index (κ1) is 24.8. The van der Waals surface area contributed by atoms with Gasteiger partial charge in [-0.1, -0.05) is 55.0 Å². The van der Waals surface area contributed by atoms with Gasteiger partial charge in [-0.2, -0.15) is 0 Å². The Morgan fingerprint density at radius 3 is 2.32 bits per heavy atom. The number of aryl methyl sites for hydroxylation is 1. The van der Waals surface area contributed by atoms with Crippen molar-refractivity contribution in [2.75, 3.05) is 14.2 Å². The minimum Gasteiger partial charge on any atom is -0.497 e. The molecule has 0 aromatic heterocycles. The SMILES string of the molecule is CCC(C)Oc1ccc(/C=C/c2cc(OC)cc(OC)c2/C=C/C(=O)c2cccc(C)c2)cc1. The van der Waals surface area contributed by atoms with Crippen LogP contribution in [0.5, 0.6) is 17.2 Å². The van der Waals surface area contributed by atoms with Crippen molar-refractivity contribution < 1.29 is 19.0 Å². The van der Waals surface area contributed by atoms with Gasteiger partial charge < -0.3 is 14.2 Å². The molecule has 34 heavy (non-hydrogen) atoms. The normalized spacial score (nSPS) is 12.1. The third-order valence-electron chi connectivity index (χ3n) is 5.55. The Morgan fingerprint density at radius 2 is 1.68 bits per heavy atom. The van der Waals surface area contributed by atoms with Crippen molar-refractivity contribution in [1.29, 1.82) is 0 Å². The number of methoxy groups -OCH3 is 2. The van der Waals surface area contributed by atoms with E-state index in [0.29, 0.717) is 17.1 Å². The Bertz CT molecular complexity index is 1170. The molecule has 3 aromatic rings. The maximum absolute atomic E-state index is 12.7. The van der Waals surface area contributed by atoms with Gasteiger partial charge in [-0.15, -0.1) is 0 Å². The van der Waals surface area contributed by atoms with Crippen LogP contribution in [0.2, 0.25) is 0 Å². The topological polar surface area (TPSA) is 44.8 Å². The Balaban J connectivity index is 1.91. The van der Waals surface area contributed by atoms with Crippen molar-refractivity contribution in [1.82, 2.24) is 0 Å². The molecule has 0 radical (unpaired) electrons. The number of ether oxygens (including phenoxy) is 3. The summed E-state index contributed by atoms with van der Waals surface area (Å²) in [5.41, 5.74) is 4.41. The lowest BCUT2D eigenvalue weighted by atomic mass is 10.0. The quantitative estimate of drug-likeness (QED) is 0.183. The maximum Gasteiger partial charge on any atom is 0.185 e. The van der Waals surface area contributed by atoms with Gasteiger partial charge in [0.25, 0.3) is 0 Å². The van der Waals surface area contributed by atoms with E-state index in [1.54, 1.807) is 26.4 Å². The van der Waals surface area contributed by atoms with Crippen molar-refractivity contribution in [2.45, 2.75) is 33.3 Å². The fourth-order valence-electron chi connectivity index (χ4n) is 3.44. The molecule has 0 aliphatic rings. The predicted octanol–water partition coefficient (Wildman–Crippen LogP) is 7.26. The molecular formula is C30H32O4. The molecule has 176 valence electrons. The molecule has 0 N–H and O–H groups in total. The summed E-state index contributed by atoms with van der Waals surface area (Å²) in [4.78, 5) is 12.7. The lowest BCUT2D eigenvalue weighted by Gasteiger charge is -2.12. The van der Waals surface area contributed by atoms with Crippen molar-refractivity contribution in [3.8, 4) is 17.2 Å². The van der Waals surface area contributed by atoms with E-state index in [0.717, 1.165) is 34.4 Å². The van der Waals surface area contributed by atoms with Gasteiger partial charge in [0.2, 0.25) is 0 Å². The van der Waals surface area contributed by atoms with Crippen molar-refractivity contribution in [3.05, 3.63) is 94.6 Å². The standard InChI is InChI=1S/C30H32O4/c1-6-22(3)34-26-14-11-23(12-15-26)10-13-24-19-27(32-4)20-30(33-5)28(24)16-17-29(31)25-9-7-8-21(2)18-25/h7-20,22H,6H2,1-5H3/b13-10+,17-16+. The summed E-state index contributed by atoms with van der Waals surface area (Å²) < 4.78 is 16.9. The summed E-state index contributed by atoms with van der Waals surface area (Å²) in [7, 11) is 3.23. The summed E-state index contributed by atoms with van der Waals surface area (Å²) in [6.45, 7) is 6.13. The van der Waals surface area contributed by atoms with Crippen LogP contribution in [0.1, 0.15) is 52.9 Å². The van der Waals surface area contributed by atoms with Crippen LogP contribution in [-0.2, 0) is 0 Å². The van der Waals surface area contributed by atoms with E-state index in [-0.39, 0.29) is 11.9 Å². The average molecular weight is 457 g/mol. The van der Waals surface area contributed by atoms with Gasteiger partial charge in [-0.25, -0.2) is 0 Å². The highest BCUT2D eigenvalue weighted by Gasteiger charge is 2.10. The summed E-state index contributed by atoms with van der Waals surface area (Å²) >= 11 is 0. The third-order valence-corrected chi connectivity index (χ3v) is 5.55. The number of hydrogen-bond donors (Lipinski definition) is 0. The third kappa shape index (κ3) is 6.61. The van der Waals surface area contributed by atoms with Crippen LogP contribution in [0, 0.1) is 6.92 Å². The molecule has 0 aliphatic carbocycles. The summed E-state index contributed by atoms with van der Waals surface area (Å²) in [6, 6.07) is 19.3. The van der Waals surface area contributed by atoms with Gasteiger partial charge in [0.15, 0.2) is 5.78 Å². The Morgan fingerprint density at radius 1 is 0.912 bits per heavy atom. The van der Waals surface area contributed by atoms with Crippen LogP contribution >= 0.6 is 0 Å². The lowest BCUT2D eigenvalue weighted by Crippen LogP contribution is -2.09. The number of rotatable bonds is 10. The second kappa shape index (κ2) is 11.9. The first-order valence-corrected chi connectivity index (χ1v) is 11.4. The molecule has 0 saturated carbocycles. The minimum absolute atomic E-state index is 0.0617. The first-order chi connectivity index (χ1) is 16.4. The predicted molar refractivity (Wildman–Crippen MR) is 140 cm³/mol. The number of carbonyl (C=O) groups is 1. The zero-order valence-corrected chi connectivity index (χ0v) is 20.5. The molecule has 0 aliphatic heterocycles. The minimum atomic E-state index is -0.0617. The van der Waals surface area contributed by atoms with E-state index < -0.39 is 0 Å². The number of ketones is 1. The Kier molecular flexibility index (Phi) is 8.69. The summed E-state index contributed by atoms with van der Waals surface area (Å²) in [5, 5.41) is 0. The van der Waals surface area contributed by atoms with Crippen molar-refractivity contribution >= 4 is 24.0 Å². The highest BCUT2D eigenvalue weighted by molar-refractivity contribution is 6.07. The molecule has 4 heteroatoms. The number of carbonyl (C=O) groups excluding carboxylic acids is 1. The molecule has 0 saturated heterocycles. The van der Waals surface area contributed by atoms with Gasteiger partial charge in [0.1, 0.15) is 17.2 Å². The Hall–Kier alpha value is -3.79. The van der Waals surface area contributed by atoms with E-state index >= 15 is 0 Å². The number of allylic oxidation sites excluding steroid dienone is 1. The summed E-state index contributed by atoms with van der Waals surface area (Å²) in [6.07, 6.45) is 8.53. The van der Waals surface area contributed by atoms with Crippen molar-refractivity contribution in [2.24, 2.45) is 0 Å². The van der Waals surface area contributed by atoms with Crippen LogP contribution in [0.15, 0.2) is 66.7 Å². The second-order valence-electron chi connectivity index (χ2n) is 8.14. The second-order valence-corrected chi connectivity index (χ2v) is 8.14. The zero-order valence-electron chi connectivity index (χ0n) is 20.5. The van der Waals surface area contributed by atoms with Crippen LogP contribution < -0.4 is 14.2 Å². The smallest absolute Gasteiger partial charge is 0.185 e. The molecule has 0 spiro atoms. The summed E-state index contributed by atoms with van der Waals surface area (Å²) in [5.74, 6) is 2.10. The van der Waals surface area contributed by atoms with Crippen molar-refractivity contribution in [3.63, 3.8) is 0 Å². The van der Waals surface area contributed by atoms with Crippen LogP contribution in [-0.4, -0.2) is 26.1 Å². The van der Waals surface area contributed by atoms with E-state index in [9.17, 15) is 4.79 Å². The molecular weight excluding hydrogens is 424 g/mol. The molecule has 0 amide bonds. The fraction of sp³-hybridized carbons (Fsp3) is 0.233. The van der Waals surface area contributed by atoms with E-state index in [4.69, 9.17) is 14.2 Å². The molecule has 4 nitrogen and oxygen atoms in total. The maximum atomic E-state index is 12.7. The van der Waals surface area contributed by atoms with E-state index in [1.807, 2.05) is 79.7 Å². The van der Waals surface area contributed by atoms with Gasteiger partial charge in [-0.3, -0.25) is 4.79 Å². The van der Waals surface area contributed by atoms with Gasteiger partial charge in [-0.05, 0) is 67.8 Å². The lowest BCUT2D eigenvalue weighted by molar-refractivity contribution is 0.104. The number of hydrogen-bond acceptors (Lipinski definition) is 4. The first-order valence-electron chi connectivity index (χ1n) is 11.4. The van der Waals surface area contributed by atoms with Crippen LogP contribution in [0.4, 0.5) is 0 Å². The molecule has 3 aromatic carbocycles. The largest absolute Gasteiger partial charge is 0.497 e. The molecule has 0 heterocycles. The Labute approximate surface area is 202 Å². The van der Waals surface area contributed by atoms with Gasteiger partial charge >= 0.3 is 0 Å². The van der Waals surface area contributed by atoms with Crippen LogP contribution in [0.25, 0.3) is 18.2 Å². The zero-order chi connectivity index (χ0) is 24.5. The fourth-order valence-corrected chi connectivity index (χ4v) is 3.44. The number of benzene rings is 3. The average Bonchev–Trinajstić information content (AvgIpc) is 2.86. The molecule has 0 fully saturated rings. The van der Waals surface area contributed by atoms with E-state index in [2.05, 4.69) is 13.8 Å². The van der Waals surface area contributed by atoms with Gasteiger partial charge in [0, 0.05) is 17.2 Å². The monoisotopic (exact) mass is 456 g/mol. The highest BCUT2D eigenvalue weighted by atomic mass is 16.5. The molecule has 1 atom stereocenters. The van der Waals surface area contributed by atoms with E-state index in [1.165, 1.54) is 0 Å². The highest BCUT2D eigenvalue weighted by Crippen LogP contribution is 2.31. The van der Waals surface area contributed by atoms with Crippen LogP contribution in [0.3, 0.4) is 0 Å². The van der Waals surface area contributed by atoms with Gasteiger partial charge in [0.05, 0.1) is 20.3 Å². The molecule has 0 bridgehead atoms. The molecule has 3 rings (SSSR count).